The Morgan fingerprint density at radius 1 is 1.88 bits per heavy atom. The molecule has 1 aliphatic heterocycles. The SMILES string of the molecule is CN/C(=N\[N+](=O)[O-])NCC1=CCN=C(Cl)S1. The summed E-state index contributed by atoms with van der Waals surface area (Å²) in [7, 11) is 1.55. The second-order valence-electron chi connectivity index (χ2n) is 2.66. The monoisotopic (exact) mass is 263 g/mol. The molecule has 0 radical (unpaired) electrons. The van der Waals surface area contributed by atoms with Gasteiger partial charge in [-0.1, -0.05) is 29.4 Å². The fraction of sp³-hybridized carbons (Fsp3) is 0.429. The van der Waals surface area contributed by atoms with E-state index in [-0.39, 0.29) is 5.96 Å². The largest absolute Gasteiger partial charge is 0.354 e. The molecule has 2 N–H and O–H groups in total. The van der Waals surface area contributed by atoms with Crippen LogP contribution in [-0.2, 0) is 0 Å². The second-order valence-corrected chi connectivity index (χ2v) is 4.35. The maximum atomic E-state index is 10.1. The molecule has 7 nitrogen and oxygen atoms in total. The van der Waals surface area contributed by atoms with Crippen LogP contribution in [0, 0.1) is 10.1 Å². The van der Waals surface area contributed by atoms with Crippen molar-refractivity contribution in [2.24, 2.45) is 10.1 Å². The zero-order chi connectivity index (χ0) is 12.0. The number of aliphatic imine (C=N–C) groups is 1. The smallest absolute Gasteiger partial charge is 0.268 e. The van der Waals surface area contributed by atoms with Crippen LogP contribution < -0.4 is 10.6 Å². The highest BCUT2D eigenvalue weighted by Crippen LogP contribution is 2.22. The number of rotatable bonds is 3. The topological polar surface area (TPSA) is 91.9 Å². The molecular weight excluding hydrogens is 254 g/mol. The van der Waals surface area contributed by atoms with Gasteiger partial charge in [-0.2, -0.15) is 0 Å². The van der Waals surface area contributed by atoms with Crippen LogP contribution in [0.4, 0.5) is 0 Å². The Morgan fingerprint density at radius 2 is 2.62 bits per heavy atom. The normalized spacial score (nSPS) is 16.2. The van der Waals surface area contributed by atoms with Crippen molar-refractivity contribution in [3.05, 3.63) is 21.1 Å². The predicted octanol–water partition coefficient (Wildman–Crippen LogP) is 0.569. The Labute approximate surface area is 101 Å². The van der Waals surface area contributed by atoms with E-state index >= 15 is 0 Å². The number of nitro groups is 1. The van der Waals surface area contributed by atoms with E-state index in [0.29, 0.717) is 17.6 Å². The van der Waals surface area contributed by atoms with Crippen LogP contribution in [0.1, 0.15) is 0 Å². The summed E-state index contributed by atoms with van der Waals surface area (Å²) in [5.74, 6) is 0.102. The fourth-order valence-electron chi connectivity index (χ4n) is 0.936. The third-order valence-corrected chi connectivity index (χ3v) is 2.82. The van der Waals surface area contributed by atoms with Crippen molar-refractivity contribution in [2.75, 3.05) is 20.1 Å². The molecule has 1 rings (SSSR count). The van der Waals surface area contributed by atoms with Crippen LogP contribution in [0.2, 0.25) is 0 Å². The molecule has 0 bridgehead atoms. The van der Waals surface area contributed by atoms with Crippen molar-refractivity contribution in [1.29, 1.82) is 0 Å². The van der Waals surface area contributed by atoms with Crippen molar-refractivity contribution >= 4 is 33.8 Å². The minimum Gasteiger partial charge on any atom is -0.354 e. The van der Waals surface area contributed by atoms with E-state index in [2.05, 4.69) is 20.7 Å². The number of nitrogens with zero attached hydrogens (tertiary/aromatic N) is 3. The Kier molecular flexibility index (Phi) is 5.06. The first-order valence-electron chi connectivity index (χ1n) is 4.33. The van der Waals surface area contributed by atoms with Crippen molar-refractivity contribution in [2.45, 2.75) is 0 Å². The van der Waals surface area contributed by atoms with E-state index < -0.39 is 5.03 Å². The number of nitrogens with one attached hydrogen (secondary N) is 2. The minimum absolute atomic E-state index is 0.102. The number of hydrogen-bond acceptors (Lipinski definition) is 4. The summed E-state index contributed by atoms with van der Waals surface area (Å²) in [6, 6.07) is 0. The molecule has 88 valence electrons. The summed E-state index contributed by atoms with van der Waals surface area (Å²) in [6.07, 6.45) is 1.89. The highest BCUT2D eigenvalue weighted by atomic mass is 35.5. The van der Waals surface area contributed by atoms with Gasteiger partial charge >= 0.3 is 0 Å². The van der Waals surface area contributed by atoms with Gasteiger partial charge in [-0.15, -0.1) is 0 Å². The molecule has 0 aromatic rings. The lowest BCUT2D eigenvalue weighted by atomic mass is 10.5. The first-order valence-corrected chi connectivity index (χ1v) is 5.52. The average molecular weight is 264 g/mol. The molecule has 0 amide bonds. The van der Waals surface area contributed by atoms with Crippen molar-refractivity contribution in [3.8, 4) is 0 Å². The molecule has 0 aromatic heterocycles. The van der Waals surface area contributed by atoms with Crippen LogP contribution in [0.5, 0.6) is 0 Å². The molecule has 1 aliphatic rings. The molecule has 16 heavy (non-hydrogen) atoms. The van der Waals surface area contributed by atoms with E-state index in [9.17, 15) is 10.1 Å². The van der Waals surface area contributed by atoms with Gasteiger partial charge in [0.25, 0.3) is 5.96 Å². The van der Waals surface area contributed by atoms with Crippen molar-refractivity contribution < 1.29 is 5.03 Å². The lowest BCUT2D eigenvalue weighted by molar-refractivity contribution is -0.485. The molecule has 0 unspecified atom stereocenters. The highest BCUT2D eigenvalue weighted by molar-refractivity contribution is 8.20. The van der Waals surface area contributed by atoms with Gasteiger partial charge in [-0.3, -0.25) is 4.99 Å². The number of halogens is 1. The van der Waals surface area contributed by atoms with Gasteiger partial charge < -0.3 is 10.6 Å². The number of guanidine groups is 1. The van der Waals surface area contributed by atoms with Crippen LogP contribution in [0.25, 0.3) is 0 Å². The van der Waals surface area contributed by atoms with E-state index in [4.69, 9.17) is 11.6 Å². The molecule has 0 aliphatic carbocycles. The van der Waals surface area contributed by atoms with Crippen molar-refractivity contribution in [1.82, 2.24) is 10.6 Å². The van der Waals surface area contributed by atoms with E-state index in [1.165, 1.54) is 11.8 Å². The lowest BCUT2D eigenvalue weighted by Crippen LogP contribution is -2.36. The third-order valence-electron chi connectivity index (χ3n) is 1.60. The summed E-state index contributed by atoms with van der Waals surface area (Å²) in [5, 5.41) is 17.9. The fourth-order valence-corrected chi connectivity index (χ4v) is 1.96. The maximum Gasteiger partial charge on any atom is 0.268 e. The van der Waals surface area contributed by atoms with Crippen LogP contribution in [0.3, 0.4) is 0 Å². The molecule has 0 aromatic carbocycles. The standard InChI is InChI=1S/C7H10ClN5O2S/c1-9-7(12-13(14)15)11-4-5-2-3-10-6(8)16-5/h2H,3-4H2,1H3,(H2,9,11,12). The number of hydrazone groups is 1. The maximum absolute atomic E-state index is 10.1. The Balaban J connectivity index is 2.45. The van der Waals surface area contributed by atoms with Gasteiger partial charge in [0.2, 0.25) is 0 Å². The highest BCUT2D eigenvalue weighted by Gasteiger charge is 2.09. The summed E-state index contributed by atoms with van der Waals surface area (Å²) >= 11 is 7.05. The quantitative estimate of drug-likeness (QED) is 0.336. The van der Waals surface area contributed by atoms with Crippen molar-refractivity contribution in [3.63, 3.8) is 0 Å². The third kappa shape index (κ3) is 4.49. The van der Waals surface area contributed by atoms with E-state index in [0.717, 1.165) is 4.91 Å². The average Bonchev–Trinajstić information content (AvgIpc) is 2.24. The molecule has 0 saturated heterocycles. The molecular formula is C7H10ClN5O2S. The summed E-state index contributed by atoms with van der Waals surface area (Å²) in [4.78, 5) is 15.1. The Morgan fingerprint density at radius 3 is 3.19 bits per heavy atom. The van der Waals surface area contributed by atoms with Crippen LogP contribution in [0.15, 0.2) is 21.1 Å². The van der Waals surface area contributed by atoms with Crippen LogP contribution in [-0.4, -0.2) is 35.6 Å². The molecule has 9 heteroatoms. The van der Waals surface area contributed by atoms with Gasteiger partial charge in [0.15, 0.2) is 9.54 Å². The zero-order valence-electron chi connectivity index (χ0n) is 8.44. The van der Waals surface area contributed by atoms with Crippen LogP contribution >= 0.6 is 23.4 Å². The molecule has 1 heterocycles. The zero-order valence-corrected chi connectivity index (χ0v) is 10.0. The van der Waals surface area contributed by atoms with Gasteiger partial charge in [0, 0.05) is 18.5 Å². The van der Waals surface area contributed by atoms with E-state index in [1.54, 1.807) is 7.05 Å². The molecule has 0 atom stereocenters. The summed E-state index contributed by atoms with van der Waals surface area (Å²) in [6.45, 7) is 0.952. The molecule has 0 fully saturated rings. The van der Waals surface area contributed by atoms with Gasteiger partial charge in [-0.25, -0.2) is 10.1 Å². The first kappa shape index (κ1) is 12.8. The second kappa shape index (κ2) is 6.33. The van der Waals surface area contributed by atoms with Gasteiger partial charge in [0.05, 0.1) is 6.54 Å². The number of hydrogen-bond donors (Lipinski definition) is 2. The Hall–Kier alpha value is -1.28. The predicted molar refractivity (Wildman–Crippen MR) is 65.3 cm³/mol. The van der Waals surface area contributed by atoms with E-state index in [1.807, 2.05) is 6.08 Å². The molecule has 0 saturated carbocycles. The summed E-state index contributed by atoms with van der Waals surface area (Å²) in [5.41, 5.74) is 0. The van der Waals surface area contributed by atoms with Gasteiger partial charge in [-0.05, 0) is 0 Å². The molecule has 0 spiro atoms. The lowest BCUT2D eigenvalue weighted by Gasteiger charge is -2.11. The van der Waals surface area contributed by atoms with Gasteiger partial charge in [0.1, 0.15) is 5.10 Å². The minimum atomic E-state index is -0.768. The number of thioether (sulfide) groups is 1. The summed E-state index contributed by atoms with van der Waals surface area (Å²) < 4.78 is 0.469. The Bertz CT molecular complexity index is 368. The first-order chi connectivity index (χ1) is 7.61.